The number of nitrogens with zero attached hydrogens (tertiary/aromatic N) is 1. The third-order valence-electron chi connectivity index (χ3n) is 11.7. The van der Waals surface area contributed by atoms with Crippen molar-refractivity contribution >= 4 is 39.3 Å². The second kappa shape index (κ2) is 15.4. The van der Waals surface area contributed by atoms with Crippen LogP contribution in [-0.4, -0.2) is 52.4 Å². The van der Waals surface area contributed by atoms with Crippen molar-refractivity contribution in [2.75, 3.05) is 37.2 Å². The van der Waals surface area contributed by atoms with Gasteiger partial charge in [-0.3, -0.25) is 0 Å². The lowest BCUT2D eigenvalue weighted by Crippen LogP contribution is -2.61. The Bertz CT molecular complexity index is 2290. The maximum atomic E-state index is 15.4. The Balaban J connectivity index is 0.000000228. The Labute approximate surface area is 333 Å². The van der Waals surface area contributed by atoms with E-state index in [2.05, 4.69) is 65.3 Å². The molecule has 0 amide bonds. The van der Waals surface area contributed by atoms with Gasteiger partial charge in [0.2, 0.25) is 19.7 Å². The summed E-state index contributed by atoms with van der Waals surface area (Å²) in [7, 11) is -7.06. The third-order valence-corrected chi connectivity index (χ3v) is 22.2. The van der Waals surface area contributed by atoms with E-state index in [9.17, 15) is 21.2 Å². The maximum Gasteiger partial charge on any atom is 0.209 e. The average molecular weight is 827 g/mol. The molecule has 0 saturated heterocycles. The largest absolute Gasteiger partial charge is 0.497 e. The van der Waals surface area contributed by atoms with Gasteiger partial charge in [-0.2, -0.15) is 0 Å². The van der Waals surface area contributed by atoms with Gasteiger partial charge in [0.05, 0.1) is 24.0 Å². The van der Waals surface area contributed by atoms with E-state index >= 15 is 4.39 Å². The smallest absolute Gasteiger partial charge is 0.209 e. The monoisotopic (exact) mass is 826 g/mol. The van der Waals surface area contributed by atoms with Gasteiger partial charge in [0.15, 0.2) is 8.24 Å². The standard InChI is InChI=1S/C26H38FNO3SSi.C17H18FNO3S/c1-17(2)33(18(3)4,19(5)6)28-16-26(7,8)22-14-23(27)25(15-24(22)28)32(29,30)21-12-10-20(31-9)11-13-21;1-17(2)10-19-15-9-16(14(18)8-13(15)17)23(20,21)12-6-4-11(22-3)5-7-12/h10-15,17-19H,16H2,1-9H3;4-9,19H,10H2,1-3H3. The highest BCUT2D eigenvalue weighted by atomic mass is 32.2. The van der Waals surface area contributed by atoms with E-state index in [1.807, 2.05) is 13.8 Å². The molecule has 4 aromatic carbocycles. The first-order valence-electron chi connectivity index (χ1n) is 18.9. The Morgan fingerprint density at radius 2 is 1.05 bits per heavy atom. The number of halogens is 2. The fraction of sp³-hybridized carbons (Fsp3) is 0.442. The Hall–Kier alpha value is -3.94. The number of methoxy groups -OCH3 is 2. The molecule has 0 aromatic heterocycles. The summed E-state index contributed by atoms with van der Waals surface area (Å²) in [5, 5.41) is 3.15. The molecule has 1 N–H and O–H groups in total. The highest BCUT2D eigenvalue weighted by Crippen LogP contribution is 2.53. The fourth-order valence-electron chi connectivity index (χ4n) is 9.00. The first kappa shape index (κ1) is 43.2. The zero-order chi connectivity index (χ0) is 41.8. The highest BCUT2D eigenvalue weighted by molar-refractivity contribution is 7.91. The molecule has 0 saturated carbocycles. The topological polar surface area (TPSA) is 102 Å². The lowest BCUT2D eigenvalue weighted by molar-refractivity contribution is 0.414. The van der Waals surface area contributed by atoms with E-state index in [4.69, 9.17) is 9.47 Å². The third kappa shape index (κ3) is 7.46. The summed E-state index contributed by atoms with van der Waals surface area (Å²) in [6.07, 6.45) is 0. The minimum Gasteiger partial charge on any atom is -0.497 e. The average Bonchev–Trinajstić information content (AvgIpc) is 3.57. The summed E-state index contributed by atoms with van der Waals surface area (Å²) in [5.41, 5.74) is 4.10. The molecule has 2 aliphatic rings. The normalized spacial score (nSPS) is 16.0. The van der Waals surface area contributed by atoms with Crippen molar-refractivity contribution in [3.63, 3.8) is 0 Å². The van der Waals surface area contributed by atoms with Crippen LogP contribution < -0.4 is 19.4 Å². The van der Waals surface area contributed by atoms with Crippen molar-refractivity contribution in [3.8, 4) is 11.5 Å². The molecule has 0 atom stereocenters. The summed E-state index contributed by atoms with van der Waals surface area (Å²) in [6.45, 7) is 23.4. The molecular formula is C43H56F2N2O6S2Si. The van der Waals surface area contributed by atoms with Crippen LogP contribution in [0.15, 0.2) is 92.4 Å². The predicted molar refractivity (Wildman–Crippen MR) is 223 cm³/mol. The van der Waals surface area contributed by atoms with Gasteiger partial charge < -0.3 is 19.4 Å². The van der Waals surface area contributed by atoms with E-state index < -0.39 is 39.5 Å². The molecule has 56 heavy (non-hydrogen) atoms. The number of hydrogen-bond acceptors (Lipinski definition) is 8. The molecule has 0 fully saturated rings. The van der Waals surface area contributed by atoms with Crippen LogP contribution in [0.2, 0.25) is 16.6 Å². The van der Waals surface area contributed by atoms with Crippen LogP contribution in [0.5, 0.6) is 11.5 Å². The molecule has 2 aliphatic heterocycles. The maximum absolute atomic E-state index is 15.4. The zero-order valence-electron chi connectivity index (χ0n) is 34.5. The quantitative estimate of drug-likeness (QED) is 0.158. The van der Waals surface area contributed by atoms with E-state index in [1.54, 1.807) is 30.3 Å². The van der Waals surface area contributed by atoms with Crippen molar-refractivity contribution in [3.05, 3.63) is 95.6 Å². The first-order chi connectivity index (χ1) is 26.0. The van der Waals surface area contributed by atoms with Gasteiger partial charge in [0.1, 0.15) is 32.9 Å². The lowest BCUT2D eigenvalue weighted by atomic mass is 9.87. The summed E-state index contributed by atoms with van der Waals surface area (Å²) < 4.78 is 94.9. The van der Waals surface area contributed by atoms with Crippen molar-refractivity contribution in [2.45, 2.75) is 116 Å². The second-order valence-corrected chi connectivity index (χ2v) is 26.7. The molecule has 0 spiro atoms. The van der Waals surface area contributed by atoms with Crippen LogP contribution >= 0.6 is 0 Å². The number of fused-ring (bicyclic) bond motifs is 2. The Morgan fingerprint density at radius 3 is 1.46 bits per heavy atom. The number of benzene rings is 4. The Morgan fingerprint density at radius 1 is 0.643 bits per heavy atom. The van der Waals surface area contributed by atoms with Gasteiger partial charge in [-0.05, 0) is 101 Å². The van der Waals surface area contributed by atoms with Gasteiger partial charge in [0, 0.05) is 35.3 Å². The van der Waals surface area contributed by atoms with E-state index in [1.165, 1.54) is 56.7 Å². The van der Waals surface area contributed by atoms with Gasteiger partial charge in [-0.15, -0.1) is 0 Å². The summed E-state index contributed by atoms with van der Waals surface area (Å²) >= 11 is 0. The molecule has 0 radical (unpaired) electrons. The molecule has 2 heterocycles. The number of sulfone groups is 2. The molecule has 4 aromatic rings. The van der Waals surface area contributed by atoms with Crippen LogP contribution in [0.4, 0.5) is 20.2 Å². The van der Waals surface area contributed by atoms with Crippen LogP contribution in [0.1, 0.15) is 80.4 Å². The number of rotatable bonds is 10. The van der Waals surface area contributed by atoms with Crippen LogP contribution in [0.3, 0.4) is 0 Å². The molecule has 8 nitrogen and oxygen atoms in total. The second-order valence-electron chi connectivity index (χ2n) is 17.0. The number of hydrogen-bond donors (Lipinski definition) is 1. The van der Waals surface area contributed by atoms with Crippen LogP contribution in [0, 0.1) is 11.6 Å². The van der Waals surface area contributed by atoms with E-state index in [0.717, 1.165) is 23.4 Å². The van der Waals surface area contributed by atoms with Gasteiger partial charge >= 0.3 is 0 Å². The van der Waals surface area contributed by atoms with Crippen molar-refractivity contribution < 1.29 is 35.1 Å². The van der Waals surface area contributed by atoms with Gasteiger partial charge in [-0.25, -0.2) is 25.6 Å². The van der Waals surface area contributed by atoms with E-state index in [-0.39, 0.29) is 30.4 Å². The van der Waals surface area contributed by atoms with Crippen molar-refractivity contribution in [1.29, 1.82) is 0 Å². The minimum atomic E-state index is -4.02. The molecule has 0 bridgehead atoms. The van der Waals surface area contributed by atoms with Gasteiger partial charge in [-0.1, -0.05) is 69.2 Å². The van der Waals surface area contributed by atoms with Crippen molar-refractivity contribution in [2.24, 2.45) is 0 Å². The minimum absolute atomic E-state index is 0.0365. The molecule has 304 valence electrons. The number of ether oxygens (including phenoxy) is 2. The Kier molecular flexibility index (Phi) is 11.9. The summed E-state index contributed by atoms with van der Waals surface area (Å²) in [4.78, 5) is -0.472. The molecule has 13 heteroatoms. The molecule has 0 unspecified atom stereocenters. The SMILES string of the molecule is COc1ccc(S(=O)(=O)c2cc3c(cc2F)C(C)(C)CN3)cc1.COc1ccc(S(=O)(=O)c2cc3c(cc2F)C(C)(C)CN3[Si](C(C)C)(C(C)C)C(C)C)cc1. The summed E-state index contributed by atoms with van der Waals surface area (Å²) in [6, 6.07) is 17.8. The van der Waals surface area contributed by atoms with Gasteiger partial charge in [0.25, 0.3) is 0 Å². The highest BCUT2D eigenvalue weighted by Gasteiger charge is 2.53. The van der Waals surface area contributed by atoms with Crippen LogP contribution in [0.25, 0.3) is 0 Å². The molecular weight excluding hydrogens is 771 g/mol. The van der Waals surface area contributed by atoms with E-state index in [0.29, 0.717) is 40.4 Å². The predicted octanol–water partition coefficient (Wildman–Crippen LogP) is 10.3. The first-order valence-corrected chi connectivity index (χ1v) is 24.1. The van der Waals surface area contributed by atoms with Crippen LogP contribution in [-0.2, 0) is 30.5 Å². The molecule has 6 rings (SSSR count). The van der Waals surface area contributed by atoms with Crippen molar-refractivity contribution in [1.82, 2.24) is 0 Å². The zero-order valence-corrected chi connectivity index (χ0v) is 37.2. The fourth-order valence-corrected chi connectivity index (χ4v) is 18.8. The lowest BCUT2D eigenvalue weighted by Gasteiger charge is -2.51. The molecule has 0 aliphatic carbocycles. The number of nitrogens with one attached hydrogen (secondary N) is 1. The summed E-state index contributed by atoms with van der Waals surface area (Å²) in [5.74, 6) is -0.318. The number of anilines is 2.